The highest BCUT2D eigenvalue weighted by Gasteiger charge is 2.21. The zero-order valence-electron chi connectivity index (χ0n) is 14.1. The fourth-order valence-corrected chi connectivity index (χ4v) is 2.89. The molecule has 1 fully saturated rings. The zero-order valence-corrected chi connectivity index (χ0v) is 14.1. The molecule has 0 atom stereocenters. The molecule has 2 rings (SSSR count). The van der Waals surface area contributed by atoms with E-state index in [1.54, 1.807) is 0 Å². The van der Waals surface area contributed by atoms with Gasteiger partial charge in [0.15, 0.2) is 0 Å². The standard InChI is InChI=1S/C18H30N2O/c1-5-21-17-8-6-16(7-9-17)14-19-10-12-20(13-11-19)15-18(2,3)4/h6-9H,5,10-15H2,1-4H3. The molecule has 0 bridgehead atoms. The molecule has 0 radical (unpaired) electrons. The molecule has 1 saturated heterocycles. The lowest BCUT2D eigenvalue weighted by Gasteiger charge is -2.37. The van der Waals surface area contributed by atoms with E-state index in [0.29, 0.717) is 5.41 Å². The Morgan fingerprint density at radius 1 is 0.952 bits per heavy atom. The van der Waals surface area contributed by atoms with E-state index < -0.39 is 0 Å². The average molecular weight is 290 g/mol. The van der Waals surface area contributed by atoms with E-state index in [2.05, 4.69) is 54.8 Å². The smallest absolute Gasteiger partial charge is 0.119 e. The van der Waals surface area contributed by atoms with Crippen molar-refractivity contribution in [3.8, 4) is 5.75 Å². The lowest BCUT2D eigenvalue weighted by molar-refractivity contribution is 0.0983. The predicted octanol–water partition coefficient (Wildman–Crippen LogP) is 3.25. The van der Waals surface area contributed by atoms with E-state index in [-0.39, 0.29) is 0 Å². The second-order valence-electron chi connectivity index (χ2n) is 7.19. The minimum absolute atomic E-state index is 0.400. The van der Waals surface area contributed by atoms with E-state index >= 15 is 0 Å². The Morgan fingerprint density at radius 3 is 2.05 bits per heavy atom. The van der Waals surface area contributed by atoms with Crippen LogP contribution < -0.4 is 4.74 Å². The molecule has 0 unspecified atom stereocenters. The van der Waals surface area contributed by atoms with Crippen molar-refractivity contribution in [2.45, 2.75) is 34.2 Å². The van der Waals surface area contributed by atoms with Gasteiger partial charge in [-0.15, -0.1) is 0 Å². The number of rotatable bonds is 5. The zero-order chi connectivity index (χ0) is 15.3. The highest BCUT2D eigenvalue weighted by Crippen LogP contribution is 2.18. The van der Waals surface area contributed by atoms with Gasteiger partial charge in [-0.25, -0.2) is 0 Å². The number of benzene rings is 1. The van der Waals surface area contributed by atoms with Gasteiger partial charge in [0.25, 0.3) is 0 Å². The van der Waals surface area contributed by atoms with Crippen molar-refractivity contribution < 1.29 is 4.74 Å². The average Bonchev–Trinajstić information content (AvgIpc) is 2.42. The highest BCUT2D eigenvalue weighted by atomic mass is 16.5. The van der Waals surface area contributed by atoms with E-state index in [1.165, 1.54) is 38.3 Å². The topological polar surface area (TPSA) is 15.7 Å². The lowest BCUT2D eigenvalue weighted by atomic mass is 9.96. The fourth-order valence-electron chi connectivity index (χ4n) is 2.89. The van der Waals surface area contributed by atoms with Crippen LogP contribution in [-0.2, 0) is 6.54 Å². The van der Waals surface area contributed by atoms with Gasteiger partial charge < -0.3 is 9.64 Å². The second kappa shape index (κ2) is 7.28. The molecule has 1 aromatic carbocycles. The van der Waals surface area contributed by atoms with Crippen LogP contribution in [0.25, 0.3) is 0 Å². The number of hydrogen-bond acceptors (Lipinski definition) is 3. The van der Waals surface area contributed by atoms with Crippen molar-refractivity contribution in [1.82, 2.24) is 9.80 Å². The maximum Gasteiger partial charge on any atom is 0.119 e. The molecule has 3 heteroatoms. The molecular weight excluding hydrogens is 260 g/mol. The summed E-state index contributed by atoms with van der Waals surface area (Å²) in [7, 11) is 0. The molecule has 3 nitrogen and oxygen atoms in total. The molecule has 0 N–H and O–H groups in total. The summed E-state index contributed by atoms with van der Waals surface area (Å²) >= 11 is 0. The largest absolute Gasteiger partial charge is 0.494 e. The maximum atomic E-state index is 5.49. The van der Waals surface area contributed by atoms with Gasteiger partial charge in [-0.2, -0.15) is 0 Å². The van der Waals surface area contributed by atoms with Crippen LogP contribution in [0.1, 0.15) is 33.3 Å². The van der Waals surface area contributed by atoms with Crippen LogP contribution in [-0.4, -0.2) is 49.1 Å². The van der Waals surface area contributed by atoms with Gasteiger partial charge >= 0.3 is 0 Å². The van der Waals surface area contributed by atoms with Crippen molar-refractivity contribution in [3.63, 3.8) is 0 Å². The first-order valence-corrected chi connectivity index (χ1v) is 8.13. The molecule has 0 saturated carbocycles. The summed E-state index contributed by atoms with van der Waals surface area (Å²) in [5.74, 6) is 0.969. The molecule has 1 aromatic rings. The van der Waals surface area contributed by atoms with Gasteiger partial charge in [-0.05, 0) is 30.0 Å². The van der Waals surface area contributed by atoms with Crippen LogP contribution in [0.15, 0.2) is 24.3 Å². The molecule has 21 heavy (non-hydrogen) atoms. The van der Waals surface area contributed by atoms with E-state index in [1.807, 2.05) is 6.92 Å². The third-order valence-corrected chi connectivity index (χ3v) is 3.80. The summed E-state index contributed by atoms with van der Waals surface area (Å²) in [5, 5.41) is 0. The molecule has 1 aliphatic rings. The van der Waals surface area contributed by atoms with Crippen molar-refractivity contribution in [2.24, 2.45) is 5.41 Å². The molecule has 1 heterocycles. The Kier molecular flexibility index (Phi) is 5.65. The fraction of sp³-hybridized carbons (Fsp3) is 0.667. The molecule has 0 amide bonds. The summed E-state index contributed by atoms with van der Waals surface area (Å²) in [5.41, 5.74) is 1.78. The van der Waals surface area contributed by atoms with Crippen LogP contribution >= 0.6 is 0 Å². The van der Waals surface area contributed by atoms with E-state index in [4.69, 9.17) is 4.74 Å². The number of hydrogen-bond donors (Lipinski definition) is 0. The molecule has 0 spiro atoms. The Bertz CT molecular complexity index is 414. The lowest BCUT2D eigenvalue weighted by Crippen LogP contribution is -2.48. The Labute approximate surface area is 129 Å². The van der Waals surface area contributed by atoms with Crippen LogP contribution in [0.4, 0.5) is 0 Å². The normalized spacial score (nSPS) is 17.9. The maximum absolute atomic E-state index is 5.49. The van der Waals surface area contributed by atoms with Crippen LogP contribution in [0.2, 0.25) is 0 Å². The van der Waals surface area contributed by atoms with Crippen molar-refractivity contribution >= 4 is 0 Å². The third-order valence-electron chi connectivity index (χ3n) is 3.80. The SMILES string of the molecule is CCOc1ccc(CN2CCN(CC(C)(C)C)CC2)cc1. The summed E-state index contributed by atoms with van der Waals surface area (Å²) in [6.45, 7) is 16.7. The van der Waals surface area contributed by atoms with E-state index in [0.717, 1.165) is 18.9 Å². The summed E-state index contributed by atoms with van der Waals surface area (Å²) < 4.78 is 5.49. The van der Waals surface area contributed by atoms with Gasteiger partial charge in [0.1, 0.15) is 5.75 Å². The first-order valence-electron chi connectivity index (χ1n) is 8.13. The predicted molar refractivity (Wildman–Crippen MR) is 88.8 cm³/mol. The minimum Gasteiger partial charge on any atom is -0.494 e. The molecular formula is C18H30N2O. The Hall–Kier alpha value is -1.06. The Morgan fingerprint density at radius 2 is 1.52 bits per heavy atom. The quantitative estimate of drug-likeness (QED) is 0.828. The molecule has 118 valence electrons. The molecule has 1 aliphatic heterocycles. The summed E-state index contributed by atoms with van der Waals surface area (Å²) in [6.07, 6.45) is 0. The van der Waals surface area contributed by atoms with Crippen LogP contribution in [0.3, 0.4) is 0 Å². The van der Waals surface area contributed by atoms with Crippen molar-refractivity contribution in [3.05, 3.63) is 29.8 Å². The van der Waals surface area contributed by atoms with Crippen LogP contribution in [0, 0.1) is 5.41 Å². The van der Waals surface area contributed by atoms with Gasteiger partial charge in [0.2, 0.25) is 0 Å². The molecule has 0 aliphatic carbocycles. The second-order valence-corrected chi connectivity index (χ2v) is 7.19. The van der Waals surface area contributed by atoms with Crippen molar-refractivity contribution in [2.75, 3.05) is 39.3 Å². The first kappa shape index (κ1) is 16.3. The van der Waals surface area contributed by atoms with Crippen molar-refractivity contribution in [1.29, 1.82) is 0 Å². The number of piperazine rings is 1. The van der Waals surface area contributed by atoms with E-state index in [9.17, 15) is 0 Å². The van der Waals surface area contributed by atoms with Gasteiger partial charge in [-0.1, -0.05) is 32.9 Å². The number of ether oxygens (including phenoxy) is 1. The first-order chi connectivity index (χ1) is 9.96. The summed E-state index contributed by atoms with van der Waals surface area (Å²) in [6, 6.07) is 8.53. The van der Waals surface area contributed by atoms with Crippen LogP contribution in [0.5, 0.6) is 5.75 Å². The highest BCUT2D eigenvalue weighted by molar-refractivity contribution is 5.27. The van der Waals surface area contributed by atoms with Gasteiger partial charge in [-0.3, -0.25) is 4.90 Å². The number of nitrogens with zero attached hydrogens (tertiary/aromatic N) is 2. The Balaban J connectivity index is 1.78. The third kappa shape index (κ3) is 5.68. The van der Waals surface area contributed by atoms with Gasteiger partial charge in [0, 0.05) is 39.3 Å². The molecule has 0 aromatic heterocycles. The summed E-state index contributed by atoms with van der Waals surface area (Å²) in [4.78, 5) is 5.14. The monoisotopic (exact) mass is 290 g/mol. The van der Waals surface area contributed by atoms with Gasteiger partial charge in [0.05, 0.1) is 6.61 Å². The minimum atomic E-state index is 0.400.